The molecule has 2 saturated heterocycles. The molecule has 1 aromatic carbocycles. The van der Waals surface area contributed by atoms with Gasteiger partial charge in [-0.25, -0.2) is 0 Å². The van der Waals surface area contributed by atoms with Gasteiger partial charge in [0.1, 0.15) is 0 Å². The Kier molecular flexibility index (Phi) is 3.54. The minimum absolute atomic E-state index is 0.467. The van der Waals surface area contributed by atoms with E-state index in [0.717, 1.165) is 24.1 Å². The van der Waals surface area contributed by atoms with Crippen LogP contribution in [0, 0.1) is 6.92 Å². The third-order valence-electron chi connectivity index (χ3n) is 4.90. The monoisotopic (exact) mass is 298 g/mol. The lowest BCUT2D eigenvalue weighted by atomic mass is 9.98. The van der Waals surface area contributed by atoms with Crippen LogP contribution in [0.5, 0.6) is 0 Å². The van der Waals surface area contributed by atoms with Gasteiger partial charge in [0.25, 0.3) is 0 Å². The van der Waals surface area contributed by atoms with E-state index >= 15 is 0 Å². The summed E-state index contributed by atoms with van der Waals surface area (Å²) < 4.78 is 1.79. The van der Waals surface area contributed by atoms with Gasteiger partial charge in [0.05, 0.1) is 5.69 Å². The summed E-state index contributed by atoms with van der Waals surface area (Å²) in [6.07, 6.45) is 5.04. The predicted octanol–water partition coefficient (Wildman–Crippen LogP) is 2.01. The molecule has 4 rings (SSSR count). The van der Waals surface area contributed by atoms with Crippen LogP contribution >= 0.6 is 0 Å². The highest BCUT2D eigenvalue weighted by Gasteiger charge is 2.32. The molecule has 0 amide bonds. The Morgan fingerprint density at radius 2 is 2.00 bits per heavy atom. The van der Waals surface area contributed by atoms with Gasteiger partial charge in [-0.1, -0.05) is 22.8 Å². The first kappa shape index (κ1) is 13.7. The lowest BCUT2D eigenvalue weighted by Gasteiger charge is -2.35. The van der Waals surface area contributed by atoms with Crippen molar-refractivity contribution in [3.8, 4) is 5.69 Å². The summed E-state index contributed by atoms with van der Waals surface area (Å²) in [4.78, 5) is 2.63. The van der Waals surface area contributed by atoms with E-state index in [-0.39, 0.29) is 0 Å². The number of anilines is 1. The number of nitrogens with one attached hydrogen (secondary N) is 1. The second-order valence-corrected chi connectivity index (χ2v) is 6.45. The number of aromatic nitrogens is 4. The summed E-state index contributed by atoms with van der Waals surface area (Å²) in [7, 11) is 0. The molecule has 0 radical (unpaired) electrons. The number of hydrogen-bond donors (Lipinski definition) is 1. The van der Waals surface area contributed by atoms with Crippen molar-refractivity contribution in [2.45, 2.75) is 44.7 Å². The maximum atomic E-state index is 4.17. The predicted molar refractivity (Wildman–Crippen MR) is 85.1 cm³/mol. The van der Waals surface area contributed by atoms with E-state index in [1.807, 2.05) is 0 Å². The van der Waals surface area contributed by atoms with Gasteiger partial charge in [-0.15, -0.1) is 0 Å². The maximum Gasteiger partial charge on any atom is 0.247 e. The fraction of sp³-hybridized carbons (Fsp3) is 0.562. The smallest absolute Gasteiger partial charge is 0.247 e. The van der Waals surface area contributed by atoms with Crippen LogP contribution in [0.3, 0.4) is 0 Å². The molecule has 1 N–H and O–H groups in total. The molecule has 2 aliphatic rings. The van der Waals surface area contributed by atoms with Crippen LogP contribution in [0.4, 0.5) is 5.95 Å². The zero-order valence-electron chi connectivity index (χ0n) is 12.9. The summed E-state index contributed by atoms with van der Waals surface area (Å²) in [5.74, 6) is 0.750. The third kappa shape index (κ3) is 2.59. The quantitative estimate of drug-likeness (QED) is 0.939. The molecule has 6 nitrogen and oxygen atoms in total. The molecule has 0 unspecified atom stereocenters. The average molecular weight is 298 g/mol. The molecule has 116 valence electrons. The molecule has 0 saturated carbocycles. The zero-order valence-corrected chi connectivity index (χ0v) is 12.9. The van der Waals surface area contributed by atoms with E-state index in [4.69, 9.17) is 0 Å². The van der Waals surface area contributed by atoms with E-state index in [2.05, 4.69) is 56.9 Å². The Bertz CT molecular complexity index is 634. The van der Waals surface area contributed by atoms with Crippen molar-refractivity contribution >= 4 is 5.95 Å². The zero-order chi connectivity index (χ0) is 14.9. The van der Waals surface area contributed by atoms with Crippen LogP contribution in [0.2, 0.25) is 0 Å². The molecule has 2 aliphatic heterocycles. The number of aryl methyl sites for hydroxylation is 1. The minimum atomic E-state index is 0.467. The lowest BCUT2D eigenvalue weighted by Crippen LogP contribution is -2.43. The molecule has 2 aromatic rings. The van der Waals surface area contributed by atoms with Crippen molar-refractivity contribution in [1.29, 1.82) is 0 Å². The van der Waals surface area contributed by atoms with Crippen molar-refractivity contribution in [2.24, 2.45) is 0 Å². The Morgan fingerprint density at radius 1 is 1.14 bits per heavy atom. The van der Waals surface area contributed by atoms with Gasteiger partial charge in [0, 0.05) is 18.6 Å². The first-order valence-corrected chi connectivity index (χ1v) is 8.15. The first-order valence-electron chi connectivity index (χ1n) is 8.15. The molecular formula is C16H22N6. The van der Waals surface area contributed by atoms with Crippen LogP contribution in [-0.2, 0) is 0 Å². The van der Waals surface area contributed by atoms with E-state index < -0.39 is 0 Å². The maximum absolute atomic E-state index is 4.17. The molecule has 0 bridgehead atoms. The first-order chi connectivity index (χ1) is 10.8. The number of tetrazole rings is 1. The van der Waals surface area contributed by atoms with Gasteiger partial charge < -0.3 is 10.2 Å². The van der Waals surface area contributed by atoms with Gasteiger partial charge in [0.2, 0.25) is 5.95 Å². The van der Waals surface area contributed by atoms with Crippen molar-refractivity contribution < 1.29 is 0 Å². The average Bonchev–Trinajstić information content (AvgIpc) is 3.17. The van der Waals surface area contributed by atoms with Gasteiger partial charge in [-0.3, -0.25) is 0 Å². The molecule has 22 heavy (non-hydrogen) atoms. The van der Waals surface area contributed by atoms with Crippen molar-refractivity contribution in [2.75, 3.05) is 18.4 Å². The topological polar surface area (TPSA) is 58.9 Å². The molecule has 6 heteroatoms. The standard InChI is InChI=1S/C16H22N6/c1-12-4-6-14(7-5-12)22-16(18-19-20-22)17-13-8-10-21-9-2-3-15(21)11-13/h4-7,13,15H,2-3,8-11H2,1H3,(H,17,18,20)/t13-,15-/m0/s1. The number of fused-ring (bicyclic) bond motifs is 1. The molecule has 0 aliphatic carbocycles. The summed E-state index contributed by atoms with van der Waals surface area (Å²) in [6.45, 7) is 4.55. The van der Waals surface area contributed by atoms with Gasteiger partial charge in [-0.05, 0) is 61.7 Å². The molecular weight excluding hydrogens is 276 g/mol. The van der Waals surface area contributed by atoms with Crippen LogP contribution in [0.15, 0.2) is 24.3 Å². The van der Waals surface area contributed by atoms with E-state index in [1.165, 1.54) is 37.9 Å². The fourth-order valence-corrected chi connectivity index (χ4v) is 3.68. The van der Waals surface area contributed by atoms with Gasteiger partial charge >= 0.3 is 0 Å². The van der Waals surface area contributed by atoms with E-state index in [9.17, 15) is 0 Å². The van der Waals surface area contributed by atoms with Crippen LogP contribution in [-0.4, -0.2) is 50.3 Å². The molecule has 0 spiro atoms. The number of rotatable bonds is 3. The van der Waals surface area contributed by atoms with Crippen LogP contribution in [0.1, 0.15) is 31.2 Å². The molecule has 1 aromatic heterocycles. The van der Waals surface area contributed by atoms with Crippen molar-refractivity contribution in [3.05, 3.63) is 29.8 Å². The molecule has 2 fully saturated rings. The highest BCUT2D eigenvalue weighted by Crippen LogP contribution is 2.28. The fourth-order valence-electron chi connectivity index (χ4n) is 3.68. The SMILES string of the molecule is Cc1ccc(-n2nnnc2N[C@H]2CCN3CCC[C@H]3C2)cc1. The van der Waals surface area contributed by atoms with Crippen molar-refractivity contribution in [3.63, 3.8) is 0 Å². The lowest BCUT2D eigenvalue weighted by molar-refractivity contribution is 0.187. The van der Waals surface area contributed by atoms with Gasteiger partial charge in [0.15, 0.2) is 0 Å². The normalized spacial score (nSPS) is 25.1. The molecule has 3 heterocycles. The summed E-state index contributed by atoms with van der Waals surface area (Å²) in [5, 5.41) is 15.7. The van der Waals surface area contributed by atoms with Crippen molar-refractivity contribution in [1.82, 2.24) is 25.1 Å². The number of nitrogens with zero attached hydrogens (tertiary/aromatic N) is 5. The number of benzene rings is 1. The number of hydrogen-bond acceptors (Lipinski definition) is 5. The van der Waals surface area contributed by atoms with E-state index in [0.29, 0.717) is 6.04 Å². The highest BCUT2D eigenvalue weighted by molar-refractivity contribution is 5.40. The summed E-state index contributed by atoms with van der Waals surface area (Å²) in [6, 6.07) is 9.48. The minimum Gasteiger partial charge on any atom is -0.350 e. The van der Waals surface area contributed by atoms with E-state index in [1.54, 1.807) is 4.68 Å². The van der Waals surface area contributed by atoms with Gasteiger partial charge in [-0.2, -0.15) is 4.68 Å². The highest BCUT2D eigenvalue weighted by atomic mass is 15.6. The second kappa shape index (κ2) is 5.68. The third-order valence-corrected chi connectivity index (χ3v) is 4.90. The second-order valence-electron chi connectivity index (χ2n) is 6.45. The Morgan fingerprint density at radius 3 is 2.86 bits per heavy atom. The summed E-state index contributed by atoms with van der Waals surface area (Å²) in [5.41, 5.74) is 2.23. The molecule has 2 atom stereocenters. The number of piperidine rings is 1. The largest absolute Gasteiger partial charge is 0.350 e. The summed E-state index contributed by atoms with van der Waals surface area (Å²) >= 11 is 0. The Hall–Kier alpha value is -1.95. The van der Waals surface area contributed by atoms with Crippen LogP contribution < -0.4 is 5.32 Å². The van der Waals surface area contributed by atoms with Crippen LogP contribution in [0.25, 0.3) is 5.69 Å². The Balaban J connectivity index is 1.49. The Labute approximate surface area is 130 Å².